The standard InChI is InChI=1S/C29H30N4O6/c1-37-25-16-13-20(17-24(25)34)28(39-29(36)32-21-14-11-19(18-30)12-15-21)26(38-2)9-5-6-10-27(35)33-23-8-4-3-7-22(23)31/h3-4,6-8,10-17,26,28,34H,5,9,31H2,1-2H3,(H,32,36)(H,33,35)/b10-6+/t26-,28-/m0/s1. The van der Waals surface area contributed by atoms with Crippen molar-refractivity contribution >= 4 is 29.1 Å². The first-order valence-electron chi connectivity index (χ1n) is 12.0. The van der Waals surface area contributed by atoms with Crippen molar-refractivity contribution in [2.24, 2.45) is 0 Å². The van der Waals surface area contributed by atoms with Gasteiger partial charge in [0.1, 0.15) is 0 Å². The average molecular weight is 531 g/mol. The van der Waals surface area contributed by atoms with Crippen LogP contribution in [0, 0.1) is 11.3 Å². The molecule has 0 radical (unpaired) electrons. The number of aromatic hydroxyl groups is 1. The van der Waals surface area contributed by atoms with E-state index in [4.69, 9.17) is 25.2 Å². The summed E-state index contributed by atoms with van der Waals surface area (Å²) in [5.41, 5.74) is 8.21. The molecule has 0 aromatic heterocycles. The first-order chi connectivity index (χ1) is 18.8. The number of amides is 2. The zero-order valence-electron chi connectivity index (χ0n) is 21.6. The summed E-state index contributed by atoms with van der Waals surface area (Å²) in [6.07, 6.45) is 1.60. The van der Waals surface area contributed by atoms with E-state index in [1.165, 1.54) is 26.4 Å². The number of carbonyl (C=O) groups is 2. The highest BCUT2D eigenvalue weighted by molar-refractivity contribution is 6.01. The number of phenols is 1. The van der Waals surface area contributed by atoms with Gasteiger partial charge in [0, 0.05) is 12.8 Å². The lowest BCUT2D eigenvalue weighted by Gasteiger charge is -2.26. The first-order valence-corrected chi connectivity index (χ1v) is 12.0. The summed E-state index contributed by atoms with van der Waals surface area (Å²) in [4.78, 5) is 25.1. The Morgan fingerprint density at radius 3 is 2.46 bits per heavy atom. The van der Waals surface area contributed by atoms with Crippen LogP contribution in [0.3, 0.4) is 0 Å². The number of carbonyl (C=O) groups excluding carboxylic acids is 2. The molecule has 0 saturated carbocycles. The van der Waals surface area contributed by atoms with E-state index in [1.807, 2.05) is 6.07 Å². The number of rotatable bonds is 11. The third-order valence-corrected chi connectivity index (χ3v) is 5.77. The van der Waals surface area contributed by atoms with E-state index in [9.17, 15) is 14.7 Å². The molecule has 202 valence electrons. The number of hydrogen-bond acceptors (Lipinski definition) is 8. The van der Waals surface area contributed by atoms with Gasteiger partial charge in [-0.05, 0) is 73.0 Å². The molecule has 0 saturated heterocycles. The number of anilines is 3. The molecule has 3 aromatic rings. The maximum atomic E-state index is 12.8. The molecule has 0 fully saturated rings. The minimum absolute atomic E-state index is 0.122. The predicted octanol–water partition coefficient (Wildman–Crippen LogP) is 5.13. The molecule has 3 rings (SSSR count). The molecule has 0 heterocycles. The van der Waals surface area contributed by atoms with Crippen LogP contribution in [0.25, 0.3) is 0 Å². The number of ether oxygens (including phenoxy) is 3. The summed E-state index contributed by atoms with van der Waals surface area (Å²) in [5, 5.41) is 24.6. The number of nitriles is 1. The summed E-state index contributed by atoms with van der Waals surface area (Å²) < 4.78 is 16.5. The molecule has 0 aliphatic carbocycles. The molecule has 10 heteroatoms. The van der Waals surface area contributed by atoms with Crippen LogP contribution in [-0.2, 0) is 14.3 Å². The molecule has 0 bridgehead atoms. The molecular formula is C29H30N4O6. The van der Waals surface area contributed by atoms with Gasteiger partial charge in [-0.15, -0.1) is 0 Å². The third kappa shape index (κ3) is 8.24. The number of nitrogen functional groups attached to an aromatic ring is 1. The summed E-state index contributed by atoms with van der Waals surface area (Å²) in [7, 11) is 2.91. The Balaban J connectivity index is 1.71. The number of methoxy groups -OCH3 is 2. The SMILES string of the molecule is COc1ccc([C@H](OC(=O)Nc2ccc(C#N)cc2)[C@H](CC/C=C/C(=O)Nc2ccccc2N)OC)cc1O. The molecule has 3 aromatic carbocycles. The van der Waals surface area contributed by atoms with Crippen molar-refractivity contribution < 1.29 is 28.9 Å². The van der Waals surface area contributed by atoms with E-state index in [-0.39, 0.29) is 17.4 Å². The van der Waals surface area contributed by atoms with Gasteiger partial charge in [0.05, 0.1) is 36.2 Å². The van der Waals surface area contributed by atoms with Crippen molar-refractivity contribution in [3.8, 4) is 17.6 Å². The number of allylic oxidation sites excluding steroid dienone is 1. The van der Waals surface area contributed by atoms with Crippen LogP contribution < -0.4 is 21.1 Å². The minimum Gasteiger partial charge on any atom is -0.504 e. The van der Waals surface area contributed by atoms with Gasteiger partial charge in [-0.2, -0.15) is 5.26 Å². The highest BCUT2D eigenvalue weighted by atomic mass is 16.6. The van der Waals surface area contributed by atoms with Gasteiger partial charge in [-0.25, -0.2) is 4.79 Å². The lowest BCUT2D eigenvalue weighted by atomic mass is 9.99. The zero-order valence-corrected chi connectivity index (χ0v) is 21.6. The predicted molar refractivity (Wildman–Crippen MR) is 147 cm³/mol. The molecule has 0 aliphatic heterocycles. The fourth-order valence-electron chi connectivity index (χ4n) is 3.76. The van der Waals surface area contributed by atoms with Crippen molar-refractivity contribution in [3.05, 3.63) is 90.0 Å². The monoisotopic (exact) mass is 530 g/mol. The fraction of sp³-hybridized carbons (Fsp3) is 0.207. The Hall–Kier alpha value is -5.01. The van der Waals surface area contributed by atoms with Crippen LogP contribution in [0.2, 0.25) is 0 Å². The molecule has 2 amide bonds. The second kappa shape index (κ2) is 14.1. The summed E-state index contributed by atoms with van der Waals surface area (Å²) in [6, 6.07) is 19.9. The molecule has 5 N–H and O–H groups in total. The Kier molecular flexibility index (Phi) is 10.3. The Labute approximate surface area is 226 Å². The van der Waals surface area contributed by atoms with Gasteiger partial charge in [0.15, 0.2) is 17.6 Å². The molecule has 2 atom stereocenters. The first kappa shape index (κ1) is 28.6. The molecule has 0 unspecified atom stereocenters. The number of para-hydroxylation sites is 2. The van der Waals surface area contributed by atoms with Crippen LogP contribution in [0.4, 0.5) is 21.9 Å². The highest BCUT2D eigenvalue weighted by Gasteiger charge is 2.28. The van der Waals surface area contributed by atoms with E-state index in [0.29, 0.717) is 41.0 Å². The highest BCUT2D eigenvalue weighted by Crippen LogP contribution is 2.34. The van der Waals surface area contributed by atoms with E-state index in [1.54, 1.807) is 66.7 Å². The fourth-order valence-corrected chi connectivity index (χ4v) is 3.76. The van der Waals surface area contributed by atoms with Crippen molar-refractivity contribution in [3.63, 3.8) is 0 Å². The Morgan fingerprint density at radius 1 is 1.08 bits per heavy atom. The van der Waals surface area contributed by atoms with Crippen LogP contribution in [0.1, 0.15) is 30.1 Å². The molecular weight excluding hydrogens is 500 g/mol. The maximum Gasteiger partial charge on any atom is 0.412 e. The maximum absolute atomic E-state index is 12.8. The Morgan fingerprint density at radius 2 is 1.82 bits per heavy atom. The van der Waals surface area contributed by atoms with Crippen LogP contribution in [0.15, 0.2) is 78.9 Å². The minimum atomic E-state index is -0.906. The summed E-state index contributed by atoms with van der Waals surface area (Å²) in [6.45, 7) is 0. The number of nitrogens with two attached hydrogens (primary N) is 1. The van der Waals surface area contributed by atoms with Gasteiger partial charge in [0.2, 0.25) is 5.91 Å². The summed E-state index contributed by atoms with van der Waals surface area (Å²) in [5.74, 6) is -0.194. The van der Waals surface area contributed by atoms with Gasteiger partial charge in [-0.3, -0.25) is 10.1 Å². The third-order valence-electron chi connectivity index (χ3n) is 5.77. The quantitative estimate of drug-likeness (QED) is 0.196. The average Bonchev–Trinajstić information content (AvgIpc) is 2.94. The number of benzene rings is 3. The van der Waals surface area contributed by atoms with Crippen LogP contribution in [0.5, 0.6) is 11.5 Å². The topological polar surface area (TPSA) is 156 Å². The normalized spacial score (nSPS) is 12.2. The van der Waals surface area contributed by atoms with Gasteiger partial charge < -0.3 is 30.4 Å². The number of nitrogens with one attached hydrogen (secondary N) is 2. The van der Waals surface area contributed by atoms with Crippen molar-refractivity contribution in [1.29, 1.82) is 5.26 Å². The van der Waals surface area contributed by atoms with Crippen LogP contribution in [-0.4, -0.2) is 37.4 Å². The number of nitrogens with zero attached hydrogens (tertiary/aromatic N) is 1. The number of phenolic OH excluding ortho intramolecular Hbond substituents is 1. The van der Waals surface area contributed by atoms with Crippen LogP contribution >= 0.6 is 0 Å². The van der Waals surface area contributed by atoms with Gasteiger partial charge >= 0.3 is 6.09 Å². The van der Waals surface area contributed by atoms with E-state index < -0.39 is 18.3 Å². The zero-order chi connectivity index (χ0) is 28.2. The smallest absolute Gasteiger partial charge is 0.412 e. The lowest BCUT2D eigenvalue weighted by Crippen LogP contribution is -2.28. The van der Waals surface area contributed by atoms with E-state index in [2.05, 4.69) is 10.6 Å². The van der Waals surface area contributed by atoms with E-state index in [0.717, 1.165) is 0 Å². The second-order valence-electron chi connectivity index (χ2n) is 8.40. The van der Waals surface area contributed by atoms with Crippen molar-refractivity contribution in [2.45, 2.75) is 25.0 Å². The lowest BCUT2D eigenvalue weighted by molar-refractivity contribution is -0.111. The summed E-state index contributed by atoms with van der Waals surface area (Å²) >= 11 is 0. The van der Waals surface area contributed by atoms with Gasteiger partial charge in [0.25, 0.3) is 0 Å². The largest absolute Gasteiger partial charge is 0.504 e. The molecule has 0 aliphatic rings. The second-order valence-corrected chi connectivity index (χ2v) is 8.40. The van der Waals surface area contributed by atoms with Gasteiger partial charge in [-0.1, -0.05) is 24.3 Å². The molecule has 10 nitrogen and oxygen atoms in total. The Bertz CT molecular complexity index is 1350. The van der Waals surface area contributed by atoms with E-state index >= 15 is 0 Å². The number of hydrogen-bond donors (Lipinski definition) is 4. The van der Waals surface area contributed by atoms with Crippen molar-refractivity contribution in [2.75, 3.05) is 30.6 Å². The molecule has 0 spiro atoms. The van der Waals surface area contributed by atoms with Crippen molar-refractivity contribution in [1.82, 2.24) is 0 Å². The molecule has 39 heavy (non-hydrogen) atoms.